The second-order valence-corrected chi connectivity index (χ2v) is 7.44. The molecule has 2 atom stereocenters. The number of halogens is 3. The standard InChI is InChI=1S/C24H19F3N2O5/c25-24(26,27)34-16-11-9-15(10-12-16)28-21(30)13-32-22(31)14-33-29-23-19-7-3-1-5-17(19)18-6-2-4-8-20(18)23/h1-12,17,19H,13-14H2,(H,28,30)/b29-23+/t17-,19-/m0/s1. The molecule has 0 aromatic heterocycles. The lowest BCUT2D eigenvalue weighted by Gasteiger charge is -2.15. The van der Waals surface area contributed by atoms with Gasteiger partial charge < -0.3 is 19.6 Å². The quantitative estimate of drug-likeness (QED) is 0.479. The van der Waals surface area contributed by atoms with Crippen LogP contribution in [0.3, 0.4) is 0 Å². The summed E-state index contributed by atoms with van der Waals surface area (Å²) in [6, 6.07) is 12.4. The molecule has 0 aliphatic heterocycles. The van der Waals surface area contributed by atoms with Crippen LogP contribution in [0.2, 0.25) is 0 Å². The Bertz CT molecular complexity index is 1160. The summed E-state index contributed by atoms with van der Waals surface area (Å²) in [4.78, 5) is 29.1. The molecule has 2 aromatic carbocycles. The van der Waals surface area contributed by atoms with Crippen LogP contribution in [0.15, 0.2) is 78.0 Å². The van der Waals surface area contributed by atoms with Crippen LogP contribution in [-0.4, -0.2) is 37.2 Å². The van der Waals surface area contributed by atoms with E-state index < -0.39 is 37.2 Å². The Kier molecular flexibility index (Phi) is 6.67. The third kappa shape index (κ3) is 5.64. The first-order valence-electron chi connectivity index (χ1n) is 10.3. The maximum atomic E-state index is 12.2. The van der Waals surface area contributed by atoms with E-state index in [1.165, 1.54) is 12.1 Å². The molecule has 1 N–H and O–H groups in total. The Labute approximate surface area is 192 Å². The number of fused-ring (bicyclic) bond motifs is 3. The van der Waals surface area contributed by atoms with Crippen molar-refractivity contribution in [1.82, 2.24) is 0 Å². The van der Waals surface area contributed by atoms with Gasteiger partial charge in [0.1, 0.15) is 5.75 Å². The molecule has 176 valence electrons. The third-order valence-corrected chi connectivity index (χ3v) is 5.13. The predicted molar refractivity (Wildman–Crippen MR) is 116 cm³/mol. The Morgan fingerprint density at radius 3 is 2.38 bits per heavy atom. The smallest absolute Gasteiger partial charge is 0.453 e. The average molecular weight is 472 g/mol. The molecule has 0 spiro atoms. The lowest BCUT2D eigenvalue weighted by atomic mass is 9.88. The summed E-state index contributed by atoms with van der Waals surface area (Å²) in [5, 5.41) is 6.55. The predicted octanol–water partition coefficient (Wildman–Crippen LogP) is 4.33. The number of nitrogens with zero attached hydrogens (tertiary/aromatic N) is 1. The number of rotatable bonds is 7. The molecular weight excluding hydrogens is 453 g/mol. The topological polar surface area (TPSA) is 86.2 Å². The Balaban J connectivity index is 1.25. The molecule has 0 heterocycles. The number of allylic oxidation sites excluding steroid dienone is 4. The number of carbonyl (C=O) groups excluding carboxylic acids is 2. The van der Waals surface area contributed by atoms with Gasteiger partial charge in [0.15, 0.2) is 6.61 Å². The number of alkyl halides is 3. The lowest BCUT2D eigenvalue weighted by Crippen LogP contribution is -2.23. The first-order valence-corrected chi connectivity index (χ1v) is 10.3. The van der Waals surface area contributed by atoms with Crippen molar-refractivity contribution in [2.45, 2.75) is 12.3 Å². The number of benzene rings is 2. The van der Waals surface area contributed by atoms with Crippen LogP contribution in [0.1, 0.15) is 17.0 Å². The monoisotopic (exact) mass is 472 g/mol. The van der Waals surface area contributed by atoms with Crippen LogP contribution in [0, 0.1) is 5.92 Å². The molecule has 0 unspecified atom stereocenters. The van der Waals surface area contributed by atoms with Gasteiger partial charge in [-0.3, -0.25) is 4.79 Å². The van der Waals surface area contributed by atoms with Crippen molar-refractivity contribution in [2.24, 2.45) is 11.1 Å². The van der Waals surface area contributed by atoms with Crippen LogP contribution in [0.5, 0.6) is 5.75 Å². The maximum absolute atomic E-state index is 12.2. The number of amides is 1. The Morgan fingerprint density at radius 1 is 0.941 bits per heavy atom. The Hall–Kier alpha value is -4.08. The van der Waals surface area contributed by atoms with Crippen molar-refractivity contribution < 1.29 is 37.1 Å². The van der Waals surface area contributed by atoms with E-state index in [1.54, 1.807) is 0 Å². The molecular formula is C24H19F3N2O5. The minimum absolute atomic E-state index is 0.0112. The molecule has 7 nitrogen and oxygen atoms in total. The Morgan fingerprint density at radius 2 is 1.65 bits per heavy atom. The summed E-state index contributed by atoms with van der Waals surface area (Å²) >= 11 is 0. The van der Waals surface area contributed by atoms with Gasteiger partial charge >= 0.3 is 12.3 Å². The number of carbonyl (C=O) groups is 2. The average Bonchev–Trinajstić information content (AvgIpc) is 3.12. The normalized spacial score (nSPS) is 19.3. The summed E-state index contributed by atoms with van der Waals surface area (Å²) in [5.74, 6) is -1.72. The van der Waals surface area contributed by atoms with Gasteiger partial charge in [0.05, 0.1) is 5.71 Å². The zero-order chi connectivity index (χ0) is 24.1. The SMILES string of the molecule is O=C(COC(=O)CO/N=C1/c2ccccc2[C@@H]2C=CC=C[C@H]12)Nc1ccc(OC(F)(F)F)cc1. The van der Waals surface area contributed by atoms with Gasteiger partial charge in [-0.25, -0.2) is 4.79 Å². The van der Waals surface area contributed by atoms with E-state index in [0.717, 1.165) is 23.3 Å². The second kappa shape index (κ2) is 9.82. The van der Waals surface area contributed by atoms with E-state index in [4.69, 9.17) is 9.57 Å². The lowest BCUT2D eigenvalue weighted by molar-refractivity contribution is -0.274. The first kappa shape index (κ1) is 23.1. The number of ether oxygens (including phenoxy) is 2. The molecule has 34 heavy (non-hydrogen) atoms. The van der Waals surface area contributed by atoms with Crippen LogP contribution >= 0.6 is 0 Å². The number of oxime groups is 1. The van der Waals surface area contributed by atoms with Crippen LogP contribution in [0.25, 0.3) is 0 Å². The highest BCUT2D eigenvalue weighted by molar-refractivity contribution is 6.08. The van der Waals surface area contributed by atoms with E-state index in [1.807, 2.05) is 42.5 Å². The minimum Gasteiger partial charge on any atom is -0.453 e. The highest BCUT2D eigenvalue weighted by atomic mass is 19.4. The van der Waals surface area contributed by atoms with Crippen molar-refractivity contribution >= 4 is 23.3 Å². The van der Waals surface area contributed by atoms with Crippen LogP contribution < -0.4 is 10.1 Å². The van der Waals surface area contributed by atoms with Crippen molar-refractivity contribution in [3.63, 3.8) is 0 Å². The van der Waals surface area contributed by atoms with Crippen LogP contribution in [0.4, 0.5) is 18.9 Å². The largest absolute Gasteiger partial charge is 0.573 e. The molecule has 0 bridgehead atoms. The number of nitrogens with one attached hydrogen (secondary N) is 1. The van der Waals surface area contributed by atoms with E-state index >= 15 is 0 Å². The molecule has 0 radical (unpaired) electrons. The van der Waals surface area contributed by atoms with Gasteiger partial charge in [-0.15, -0.1) is 13.2 Å². The molecule has 2 aliphatic carbocycles. The van der Waals surface area contributed by atoms with Gasteiger partial charge in [0, 0.05) is 23.1 Å². The number of hydrogen-bond donors (Lipinski definition) is 1. The van der Waals surface area contributed by atoms with E-state index in [-0.39, 0.29) is 17.5 Å². The second-order valence-electron chi connectivity index (χ2n) is 7.44. The molecule has 2 aliphatic rings. The summed E-state index contributed by atoms with van der Waals surface area (Å²) in [6.45, 7) is -1.08. The van der Waals surface area contributed by atoms with Crippen molar-refractivity contribution in [2.75, 3.05) is 18.5 Å². The molecule has 1 amide bonds. The zero-order valence-electron chi connectivity index (χ0n) is 17.6. The maximum Gasteiger partial charge on any atom is 0.573 e. The third-order valence-electron chi connectivity index (χ3n) is 5.13. The van der Waals surface area contributed by atoms with Crippen molar-refractivity contribution in [1.29, 1.82) is 0 Å². The van der Waals surface area contributed by atoms with Crippen molar-refractivity contribution in [3.05, 3.63) is 84.0 Å². The fourth-order valence-electron chi connectivity index (χ4n) is 3.76. The highest BCUT2D eigenvalue weighted by Crippen LogP contribution is 2.41. The number of anilines is 1. The minimum atomic E-state index is -4.81. The highest BCUT2D eigenvalue weighted by Gasteiger charge is 2.36. The number of hydrogen-bond acceptors (Lipinski definition) is 6. The van der Waals surface area contributed by atoms with Gasteiger partial charge in [-0.1, -0.05) is 53.7 Å². The van der Waals surface area contributed by atoms with Gasteiger partial charge in [-0.05, 0) is 29.8 Å². The molecule has 0 saturated heterocycles. The summed E-state index contributed by atoms with van der Waals surface area (Å²) in [5.41, 5.74) is 3.01. The van der Waals surface area contributed by atoms with E-state index in [0.29, 0.717) is 5.71 Å². The molecule has 0 saturated carbocycles. The van der Waals surface area contributed by atoms with E-state index in [2.05, 4.69) is 21.3 Å². The fraction of sp³-hybridized carbons (Fsp3) is 0.208. The van der Waals surface area contributed by atoms with Gasteiger partial charge in [0.25, 0.3) is 5.91 Å². The van der Waals surface area contributed by atoms with Crippen molar-refractivity contribution in [3.8, 4) is 5.75 Å². The molecule has 10 heteroatoms. The summed E-state index contributed by atoms with van der Waals surface area (Å²) in [6.07, 6.45) is 3.23. The summed E-state index contributed by atoms with van der Waals surface area (Å²) < 4.78 is 45.2. The molecule has 0 fully saturated rings. The zero-order valence-corrected chi connectivity index (χ0v) is 17.6. The first-order chi connectivity index (χ1) is 16.3. The summed E-state index contributed by atoms with van der Waals surface area (Å²) in [7, 11) is 0. The molecule has 4 rings (SSSR count). The van der Waals surface area contributed by atoms with Gasteiger partial charge in [0.2, 0.25) is 6.61 Å². The van der Waals surface area contributed by atoms with Gasteiger partial charge in [-0.2, -0.15) is 0 Å². The molecule has 2 aromatic rings. The van der Waals surface area contributed by atoms with Crippen LogP contribution in [-0.2, 0) is 19.2 Å². The number of esters is 1. The fourth-order valence-corrected chi connectivity index (χ4v) is 3.76. The van der Waals surface area contributed by atoms with E-state index in [9.17, 15) is 22.8 Å².